The van der Waals surface area contributed by atoms with Gasteiger partial charge in [0.2, 0.25) is 0 Å². The van der Waals surface area contributed by atoms with Crippen molar-refractivity contribution >= 4 is 5.78 Å². The maximum absolute atomic E-state index is 12.5. The topological polar surface area (TPSA) is 76.0 Å². The molecule has 1 aliphatic heterocycles. The molecule has 5 nitrogen and oxygen atoms in total. The van der Waals surface area contributed by atoms with Crippen LogP contribution in [0.4, 0.5) is 0 Å². The highest BCUT2D eigenvalue weighted by atomic mass is 16.7. The Labute approximate surface area is 147 Å². The lowest BCUT2D eigenvalue weighted by Gasteiger charge is -2.51. The molecule has 1 saturated heterocycles. The highest BCUT2D eigenvalue weighted by Gasteiger charge is 2.61. The summed E-state index contributed by atoms with van der Waals surface area (Å²) in [5, 5.41) is 21.8. The second kappa shape index (κ2) is 5.26. The molecule has 25 heavy (non-hydrogen) atoms. The number of ether oxygens (including phenoxy) is 2. The third kappa shape index (κ3) is 2.01. The average molecular weight is 346 g/mol. The fraction of sp³-hybridized carbons (Fsp3) is 0.750. The molecule has 2 N–H and O–H groups in total. The lowest BCUT2D eigenvalue weighted by molar-refractivity contribution is -0.147. The van der Waals surface area contributed by atoms with E-state index in [-0.39, 0.29) is 17.6 Å². The molecular formula is C20H26O5. The van der Waals surface area contributed by atoms with E-state index in [4.69, 9.17) is 9.47 Å². The van der Waals surface area contributed by atoms with Crippen molar-refractivity contribution in [3.05, 3.63) is 22.8 Å². The summed E-state index contributed by atoms with van der Waals surface area (Å²) in [5.41, 5.74) is 2.60. The van der Waals surface area contributed by atoms with E-state index in [2.05, 4.69) is 6.08 Å². The zero-order chi connectivity index (χ0) is 17.4. The zero-order valence-corrected chi connectivity index (χ0v) is 14.7. The molecule has 1 spiro atoms. The summed E-state index contributed by atoms with van der Waals surface area (Å²) in [6.07, 6.45) is 4.94. The second-order valence-electron chi connectivity index (χ2n) is 8.50. The number of fused-ring (bicyclic) bond motifs is 4. The molecule has 3 fully saturated rings. The Hall–Kier alpha value is -1.01. The van der Waals surface area contributed by atoms with E-state index < -0.39 is 23.4 Å². The van der Waals surface area contributed by atoms with Gasteiger partial charge < -0.3 is 19.7 Å². The number of carbonyl (C=O) groups is 1. The van der Waals surface area contributed by atoms with Crippen molar-refractivity contribution in [3.63, 3.8) is 0 Å². The Kier molecular flexibility index (Phi) is 3.40. The van der Waals surface area contributed by atoms with Gasteiger partial charge in [0.05, 0.1) is 24.7 Å². The largest absolute Gasteiger partial charge is 0.389 e. The molecule has 136 valence electrons. The van der Waals surface area contributed by atoms with Crippen molar-refractivity contribution in [1.82, 2.24) is 0 Å². The molecule has 1 heterocycles. The van der Waals surface area contributed by atoms with E-state index in [0.717, 1.165) is 37.7 Å². The van der Waals surface area contributed by atoms with Crippen molar-refractivity contribution in [1.29, 1.82) is 0 Å². The summed E-state index contributed by atoms with van der Waals surface area (Å²) in [6, 6.07) is 0. The van der Waals surface area contributed by atoms with Crippen LogP contribution in [0.25, 0.3) is 0 Å². The second-order valence-corrected chi connectivity index (χ2v) is 8.50. The van der Waals surface area contributed by atoms with Gasteiger partial charge in [0.15, 0.2) is 5.79 Å². The van der Waals surface area contributed by atoms with Crippen molar-refractivity contribution in [2.75, 3.05) is 13.2 Å². The number of hydrogen-bond donors (Lipinski definition) is 2. The van der Waals surface area contributed by atoms with Gasteiger partial charge in [-0.3, -0.25) is 4.79 Å². The van der Waals surface area contributed by atoms with Crippen LogP contribution >= 0.6 is 0 Å². The van der Waals surface area contributed by atoms with Gasteiger partial charge in [0.25, 0.3) is 0 Å². The molecule has 0 bridgehead atoms. The number of aliphatic hydroxyl groups is 2. The number of carbonyl (C=O) groups excluding carboxylic acids is 1. The normalized spacial score (nSPS) is 45.2. The van der Waals surface area contributed by atoms with Crippen LogP contribution in [0, 0.1) is 17.3 Å². The zero-order valence-electron chi connectivity index (χ0n) is 14.7. The first-order valence-electron chi connectivity index (χ1n) is 9.59. The van der Waals surface area contributed by atoms with E-state index in [1.807, 2.05) is 6.92 Å². The summed E-state index contributed by atoms with van der Waals surface area (Å²) in [4.78, 5) is 12.5. The van der Waals surface area contributed by atoms with E-state index in [9.17, 15) is 15.0 Å². The van der Waals surface area contributed by atoms with E-state index in [1.165, 1.54) is 11.1 Å². The van der Waals surface area contributed by atoms with Crippen LogP contribution in [-0.2, 0) is 14.3 Å². The molecule has 5 atom stereocenters. The van der Waals surface area contributed by atoms with Crippen LogP contribution in [0.1, 0.15) is 45.4 Å². The minimum Gasteiger partial charge on any atom is -0.389 e. The van der Waals surface area contributed by atoms with E-state index in [0.29, 0.717) is 19.6 Å². The standard InChI is InChI=1S/C20H26O5/c1-19-14(4-5-15(19)21)13-3-2-11-10-20(24-8-9-25-20)7-6-12(11)16(13)17(22)18(19)23/h10,13-14,17-18,22-23H,2-9H2,1H3/t13?,14?,17?,18?,19-/m0/s1. The first-order chi connectivity index (χ1) is 12.0. The van der Waals surface area contributed by atoms with Gasteiger partial charge in [-0.25, -0.2) is 0 Å². The van der Waals surface area contributed by atoms with Gasteiger partial charge >= 0.3 is 0 Å². The fourth-order valence-electron chi connectivity index (χ4n) is 6.21. The molecule has 4 aliphatic carbocycles. The lowest BCUT2D eigenvalue weighted by atomic mass is 9.55. The van der Waals surface area contributed by atoms with Gasteiger partial charge in [-0.05, 0) is 67.2 Å². The number of Topliss-reactive ketones (excluding diaryl/α,β-unsaturated/α-hetero) is 1. The van der Waals surface area contributed by atoms with E-state index >= 15 is 0 Å². The smallest absolute Gasteiger partial charge is 0.188 e. The number of ketones is 1. The van der Waals surface area contributed by atoms with Crippen LogP contribution in [0.15, 0.2) is 22.8 Å². The average Bonchev–Trinajstić information content (AvgIpc) is 3.18. The number of aliphatic hydroxyl groups excluding tert-OH is 2. The monoisotopic (exact) mass is 346 g/mol. The number of rotatable bonds is 0. The Balaban J connectivity index is 1.59. The minimum absolute atomic E-state index is 0.116. The number of hydrogen-bond acceptors (Lipinski definition) is 5. The molecule has 0 aromatic carbocycles. The highest BCUT2D eigenvalue weighted by molar-refractivity contribution is 5.88. The van der Waals surface area contributed by atoms with Gasteiger partial charge in [0, 0.05) is 12.8 Å². The molecule has 5 rings (SSSR count). The lowest BCUT2D eigenvalue weighted by Crippen LogP contribution is -2.56. The van der Waals surface area contributed by atoms with Crippen molar-refractivity contribution in [2.45, 2.75) is 63.4 Å². The van der Waals surface area contributed by atoms with Crippen LogP contribution in [0.3, 0.4) is 0 Å². The molecule has 2 saturated carbocycles. The van der Waals surface area contributed by atoms with Gasteiger partial charge in [0.1, 0.15) is 11.9 Å². The predicted octanol–water partition coefficient (Wildman–Crippen LogP) is 1.88. The summed E-state index contributed by atoms with van der Waals surface area (Å²) in [6.45, 7) is 3.12. The number of allylic oxidation sites excluding steroid dienone is 2. The van der Waals surface area contributed by atoms with Gasteiger partial charge in [-0.1, -0.05) is 0 Å². The van der Waals surface area contributed by atoms with E-state index in [1.54, 1.807) is 0 Å². The third-order valence-corrected chi connectivity index (χ3v) is 7.53. The van der Waals surface area contributed by atoms with Crippen molar-refractivity contribution in [2.24, 2.45) is 17.3 Å². The fourth-order valence-corrected chi connectivity index (χ4v) is 6.21. The minimum atomic E-state index is -1.000. The molecule has 0 radical (unpaired) electrons. The Morgan fingerprint density at radius 1 is 1.12 bits per heavy atom. The maximum Gasteiger partial charge on any atom is 0.188 e. The van der Waals surface area contributed by atoms with Crippen molar-refractivity contribution < 1.29 is 24.5 Å². The predicted molar refractivity (Wildman–Crippen MR) is 89.6 cm³/mol. The van der Waals surface area contributed by atoms with Crippen LogP contribution < -0.4 is 0 Å². The first-order valence-corrected chi connectivity index (χ1v) is 9.59. The summed E-state index contributed by atoms with van der Waals surface area (Å²) in [5.74, 6) is -0.106. The Bertz CT molecular complexity index is 686. The molecule has 4 unspecified atom stereocenters. The SMILES string of the molecule is C[C@@]12C(=O)CCC1C1CCC3=CC4(CCC3=C1C(O)C2O)OCCO4. The molecule has 5 aliphatic rings. The Morgan fingerprint density at radius 2 is 1.88 bits per heavy atom. The van der Waals surface area contributed by atoms with Crippen LogP contribution in [0.5, 0.6) is 0 Å². The quantitative estimate of drug-likeness (QED) is 0.700. The third-order valence-electron chi connectivity index (χ3n) is 7.53. The summed E-state index contributed by atoms with van der Waals surface area (Å²) < 4.78 is 11.7. The van der Waals surface area contributed by atoms with Crippen molar-refractivity contribution in [3.8, 4) is 0 Å². The molecule has 0 aromatic rings. The van der Waals surface area contributed by atoms with Crippen LogP contribution in [-0.4, -0.2) is 47.2 Å². The highest BCUT2D eigenvalue weighted by Crippen LogP contribution is 2.59. The Morgan fingerprint density at radius 3 is 2.64 bits per heavy atom. The molecule has 5 heteroatoms. The van der Waals surface area contributed by atoms with Crippen LogP contribution in [0.2, 0.25) is 0 Å². The summed E-state index contributed by atoms with van der Waals surface area (Å²) >= 11 is 0. The molecule has 0 aromatic heterocycles. The van der Waals surface area contributed by atoms with Gasteiger partial charge in [-0.15, -0.1) is 0 Å². The maximum atomic E-state index is 12.5. The molecule has 0 amide bonds. The first kappa shape index (κ1) is 16.2. The molecular weight excluding hydrogens is 320 g/mol. The van der Waals surface area contributed by atoms with Gasteiger partial charge in [-0.2, -0.15) is 0 Å². The summed E-state index contributed by atoms with van der Waals surface area (Å²) in [7, 11) is 0.